The molecule has 1 aliphatic heterocycles. The number of amides is 2. The summed E-state index contributed by atoms with van der Waals surface area (Å²) in [6.07, 6.45) is 1.86. The van der Waals surface area contributed by atoms with Crippen molar-refractivity contribution in [3.8, 4) is 5.75 Å². The zero-order valence-electron chi connectivity index (χ0n) is 15.9. The van der Waals surface area contributed by atoms with Gasteiger partial charge in [0.25, 0.3) is 0 Å². The lowest BCUT2D eigenvalue weighted by atomic mass is 9.94. The molecule has 1 aliphatic rings. The van der Waals surface area contributed by atoms with Gasteiger partial charge in [0.2, 0.25) is 0 Å². The fourth-order valence-corrected chi connectivity index (χ4v) is 3.97. The number of hydrogen-bond donors (Lipinski definition) is 2. The van der Waals surface area contributed by atoms with Gasteiger partial charge in [-0.15, -0.1) is 0 Å². The summed E-state index contributed by atoms with van der Waals surface area (Å²) in [6, 6.07) is 15.5. The standard InChI is InChI=1S/C22H24ClN3O2/c1-2-28-21-6-4-3-5-19(21)25-22(27)26-11-9-15(10-12-26)20-14-16-13-17(23)7-8-18(16)24-20/h3-8,13-15,24H,2,9-12H2,1H3,(H,25,27). The van der Waals surface area contributed by atoms with E-state index in [1.165, 1.54) is 5.69 Å². The van der Waals surface area contributed by atoms with Gasteiger partial charge >= 0.3 is 6.03 Å². The number of aromatic amines is 1. The van der Waals surface area contributed by atoms with Gasteiger partial charge in [-0.25, -0.2) is 4.79 Å². The number of piperidine rings is 1. The van der Waals surface area contributed by atoms with Crippen LogP contribution in [0.15, 0.2) is 48.5 Å². The number of nitrogens with zero attached hydrogens (tertiary/aromatic N) is 1. The molecule has 0 radical (unpaired) electrons. The van der Waals surface area contributed by atoms with E-state index in [-0.39, 0.29) is 6.03 Å². The number of aromatic nitrogens is 1. The van der Waals surface area contributed by atoms with Crippen LogP contribution in [0.25, 0.3) is 10.9 Å². The highest BCUT2D eigenvalue weighted by Crippen LogP contribution is 2.31. The first-order valence-electron chi connectivity index (χ1n) is 9.70. The first-order valence-corrected chi connectivity index (χ1v) is 10.1. The van der Waals surface area contributed by atoms with Gasteiger partial charge in [0.15, 0.2) is 0 Å². The third-order valence-corrected chi connectivity index (χ3v) is 5.49. The van der Waals surface area contributed by atoms with Crippen LogP contribution in [-0.4, -0.2) is 35.6 Å². The Morgan fingerprint density at radius 3 is 2.79 bits per heavy atom. The third-order valence-electron chi connectivity index (χ3n) is 5.25. The molecule has 0 aliphatic carbocycles. The monoisotopic (exact) mass is 397 g/mol. The molecule has 0 bridgehead atoms. The van der Waals surface area contributed by atoms with E-state index in [9.17, 15) is 4.79 Å². The van der Waals surface area contributed by atoms with Crippen LogP contribution in [0, 0.1) is 0 Å². The van der Waals surface area contributed by atoms with Gasteiger partial charge in [0.05, 0.1) is 12.3 Å². The number of H-pyrrole nitrogens is 1. The average molecular weight is 398 g/mol. The second-order valence-electron chi connectivity index (χ2n) is 7.08. The van der Waals surface area contributed by atoms with E-state index in [1.807, 2.05) is 54.3 Å². The van der Waals surface area contributed by atoms with E-state index >= 15 is 0 Å². The van der Waals surface area contributed by atoms with Crippen LogP contribution in [0.2, 0.25) is 5.02 Å². The summed E-state index contributed by atoms with van der Waals surface area (Å²) in [5, 5.41) is 4.87. The van der Waals surface area contributed by atoms with Crippen molar-refractivity contribution in [3.63, 3.8) is 0 Å². The predicted octanol–water partition coefficient (Wildman–Crippen LogP) is 5.63. The number of carbonyl (C=O) groups excluding carboxylic acids is 1. The molecule has 28 heavy (non-hydrogen) atoms. The topological polar surface area (TPSA) is 57.4 Å². The van der Waals surface area contributed by atoms with Crippen molar-refractivity contribution < 1.29 is 9.53 Å². The SMILES string of the molecule is CCOc1ccccc1NC(=O)N1CCC(c2cc3cc(Cl)ccc3[nH]2)CC1. The summed E-state index contributed by atoms with van der Waals surface area (Å²) < 4.78 is 5.59. The fraction of sp³-hybridized carbons (Fsp3) is 0.318. The van der Waals surface area contributed by atoms with Crippen molar-refractivity contribution in [2.75, 3.05) is 25.0 Å². The Labute approximate surface area is 169 Å². The number of halogens is 1. The van der Waals surface area contributed by atoms with E-state index in [0.29, 0.717) is 24.0 Å². The molecule has 0 atom stereocenters. The number of fused-ring (bicyclic) bond motifs is 1. The number of nitrogens with one attached hydrogen (secondary N) is 2. The second kappa shape index (κ2) is 8.15. The number of urea groups is 1. The van der Waals surface area contributed by atoms with Crippen LogP contribution in [0.1, 0.15) is 31.4 Å². The second-order valence-corrected chi connectivity index (χ2v) is 7.51. The number of anilines is 1. The Bertz CT molecular complexity index is 977. The molecular formula is C22H24ClN3O2. The first-order chi connectivity index (χ1) is 13.6. The normalized spacial score (nSPS) is 15.0. The van der Waals surface area contributed by atoms with Gasteiger partial charge in [-0.1, -0.05) is 23.7 Å². The van der Waals surface area contributed by atoms with Gasteiger partial charge in [0.1, 0.15) is 5.75 Å². The van der Waals surface area contributed by atoms with Crippen LogP contribution < -0.4 is 10.1 Å². The minimum Gasteiger partial charge on any atom is -0.492 e. The number of hydrogen-bond acceptors (Lipinski definition) is 2. The van der Waals surface area contributed by atoms with E-state index in [1.54, 1.807) is 0 Å². The summed E-state index contributed by atoms with van der Waals surface area (Å²) in [6.45, 7) is 3.95. The van der Waals surface area contributed by atoms with Gasteiger partial charge in [-0.2, -0.15) is 0 Å². The minimum atomic E-state index is -0.0750. The molecule has 1 fully saturated rings. The summed E-state index contributed by atoms with van der Waals surface area (Å²) in [4.78, 5) is 18.1. The molecule has 2 amide bonds. The van der Waals surface area contributed by atoms with Crippen LogP contribution in [-0.2, 0) is 0 Å². The molecule has 3 aromatic rings. The molecule has 1 aromatic heterocycles. The Balaban J connectivity index is 1.39. The highest BCUT2D eigenvalue weighted by atomic mass is 35.5. The first kappa shape index (κ1) is 18.7. The molecule has 2 aromatic carbocycles. The quantitative estimate of drug-likeness (QED) is 0.599. The van der Waals surface area contributed by atoms with Gasteiger partial charge < -0.3 is 19.9 Å². The average Bonchev–Trinajstić information content (AvgIpc) is 3.13. The maximum Gasteiger partial charge on any atom is 0.321 e. The molecule has 0 spiro atoms. The number of benzene rings is 2. The van der Waals surface area contributed by atoms with Crippen molar-refractivity contribution in [3.05, 3.63) is 59.2 Å². The van der Waals surface area contributed by atoms with Gasteiger partial charge in [-0.3, -0.25) is 0 Å². The number of ether oxygens (including phenoxy) is 1. The van der Waals surface area contributed by atoms with Gasteiger partial charge in [0, 0.05) is 40.6 Å². The highest BCUT2D eigenvalue weighted by Gasteiger charge is 2.25. The van der Waals surface area contributed by atoms with E-state index in [2.05, 4.69) is 16.4 Å². The zero-order valence-corrected chi connectivity index (χ0v) is 16.6. The lowest BCUT2D eigenvalue weighted by Crippen LogP contribution is -2.40. The molecule has 2 N–H and O–H groups in total. The molecule has 6 heteroatoms. The Morgan fingerprint density at radius 2 is 2.00 bits per heavy atom. The van der Waals surface area contributed by atoms with Crippen LogP contribution in [0.4, 0.5) is 10.5 Å². The molecule has 0 unspecified atom stereocenters. The lowest BCUT2D eigenvalue weighted by molar-refractivity contribution is 0.194. The van der Waals surface area contributed by atoms with Crippen molar-refractivity contribution in [2.24, 2.45) is 0 Å². The molecule has 1 saturated heterocycles. The van der Waals surface area contributed by atoms with Crippen molar-refractivity contribution in [2.45, 2.75) is 25.7 Å². The fourth-order valence-electron chi connectivity index (χ4n) is 3.78. The maximum atomic E-state index is 12.7. The Kier molecular flexibility index (Phi) is 5.44. The Hall–Kier alpha value is -2.66. The largest absolute Gasteiger partial charge is 0.492 e. The molecule has 0 saturated carbocycles. The predicted molar refractivity (Wildman–Crippen MR) is 113 cm³/mol. The van der Waals surface area contributed by atoms with E-state index < -0.39 is 0 Å². The molecule has 5 nitrogen and oxygen atoms in total. The lowest BCUT2D eigenvalue weighted by Gasteiger charge is -2.31. The smallest absolute Gasteiger partial charge is 0.321 e. The van der Waals surface area contributed by atoms with E-state index in [0.717, 1.165) is 41.9 Å². The molecule has 4 rings (SSSR count). The molecule has 146 valence electrons. The summed E-state index contributed by atoms with van der Waals surface area (Å²) in [5.74, 6) is 1.12. The summed E-state index contributed by atoms with van der Waals surface area (Å²) >= 11 is 6.09. The Morgan fingerprint density at radius 1 is 1.21 bits per heavy atom. The van der Waals surface area contributed by atoms with Crippen molar-refractivity contribution >= 4 is 34.2 Å². The molecular weight excluding hydrogens is 374 g/mol. The minimum absolute atomic E-state index is 0.0750. The zero-order chi connectivity index (χ0) is 19.5. The highest BCUT2D eigenvalue weighted by molar-refractivity contribution is 6.31. The van der Waals surface area contributed by atoms with Crippen LogP contribution in [0.3, 0.4) is 0 Å². The number of rotatable bonds is 4. The van der Waals surface area contributed by atoms with Gasteiger partial charge in [-0.05, 0) is 56.2 Å². The van der Waals surface area contributed by atoms with Crippen LogP contribution in [0.5, 0.6) is 5.75 Å². The molecule has 2 heterocycles. The van der Waals surface area contributed by atoms with Crippen molar-refractivity contribution in [1.29, 1.82) is 0 Å². The van der Waals surface area contributed by atoms with E-state index in [4.69, 9.17) is 16.3 Å². The number of carbonyl (C=O) groups is 1. The summed E-state index contributed by atoms with van der Waals surface area (Å²) in [5.41, 5.74) is 3.04. The maximum absolute atomic E-state index is 12.7. The van der Waals surface area contributed by atoms with Crippen molar-refractivity contribution in [1.82, 2.24) is 9.88 Å². The summed E-state index contributed by atoms with van der Waals surface area (Å²) in [7, 11) is 0. The van der Waals surface area contributed by atoms with Crippen LogP contribution >= 0.6 is 11.6 Å². The number of para-hydroxylation sites is 2. The number of likely N-dealkylation sites (tertiary alicyclic amines) is 1. The third kappa shape index (κ3) is 3.94.